The summed E-state index contributed by atoms with van der Waals surface area (Å²) in [7, 11) is 0. The van der Waals surface area contributed by atoms with Gasteiger partial charge >= 0.3 is 0 Å². The van der Waals surface area contributed by atoms with Crippen LogP contribution in [0.4, 0.5) is 0 Å². The fourth-order valence-electron chi connectivity index (χ4n) is 2.31. The van der Waals surface area contributed by atoms with Gasteiger partial charge in [-0.2, -0.15) is 0 Å². The zero-order chi connectivity index (χ0) is 12.2. The summed E-state index contributed by atoms with van der Waals surface area (Å²) < 4.78 is 5.74. The average Bonchev–Trinajstić information content (AvgIpc) is 2.89. The van der Waals surface area contributed by atoms with Crippen LogP contribution in [0.15, 0.2) is 34.7 Å². The highest BCUT2D eigenvalue weighted by Crippen LogP contribution is 2.22. The molecule has 3 rings (SSSR count). The van der Waals surface area contributed by atoms with Gasteiger partial charge in [0, 0.05) is 0 Å². The number of benzene rings is 1. The van der Waals surface area contributed by atoms with E-state index in [1.807, 2.05) is 18.2 Å². The molecule has 4 nitrogen and oxygen atoms in total. The number of nitrogens with zero attached hydrogens (tertiary/aromatic N) is 2. The molecule has 1 aromatic carbocycles. The minimum Gasteiger partial charge on any atom is -0.423 e. The third-order valence-corrected chi connectivity index (χ3v) is 3.29. The minimum absolute atomic E-state index is 0.246. The Hall–Kier alpha value is -1.68. The Labute approximate surface area is 106 Å². The Morgan fingerprint density at radius 1 is 1.17 bits per heavy atom. The van der Waals surface area contributed by atoms with E-state index >= 15 is 0 Å². The van der Waals surface area contributed by atoms with E-state index in [4.69, 9.17) is 4.42 Å². The molecule has 0 bridgehead atoms. The Balaban J connectivity index is 1.69. The first kappa shape index (κ1) is 11.4. The van der Waals surface area contributed by atoms with Gasteiger partial charge in [-0.1, -0.05) is 36.8 Å². The molecule has 0 amide bonds. The second-order valence-electron chi connectivity index (χ2n) is 4.70. The van der Waals surface area contributed by atoms with Gasteiger partial charge in [0.05, 0.1) is 12.5 Å². The number of nitrogens with one attached hydrogen (secondary N) is 1. The summed E-state index contributed by atoms with van der Waals surface area (Å²) in [5, 5.41) is 11.7. The molecule has 0 spiro atoms. The van der Waals surface area contributed by atoms with Crippen LogP contribution in [0.25, 0.3) is 0 Å². The van der Waals surface area contributed by atoms with E-state index in [2.05, 4.69) is 27.6 Å². The maximum absolute atomic E-state index is 5.74. The predicted molar refractivity (Wildman–Crippen MR) is 68.1 cm³/mol. The summed E-state index contributed by atoms with van der Waals surface area (Å²) in [6.45, 7) is 1.04. The zero-order valence-electron chi connectivity index (χ0n) is 10.3. The topological polar surface area (TPSA) is 51.0 Å². The molecule has 1 saturated heterocycles. The average molecular weight is 243 g/mol. The van der Waals surface area contributed by atoms with Gasteiger partial charge in [-0.3, -0.25) is 0 Å². The summed E-state index contributed by atoms with van der Waals surface area (Å²) in [6.07, 6.45) is 4.27. The lowest BCUT2D eigenvalue weighted by Gasteiger charge is -2.19. The number of rotatable bonds is 3. The van der Waals surface area contributed by atoms with Gasteiger partial charge in [0.15, 0.2) is 0 Å². The van der Waals surface area contributed by atoms with E-state index in [0.717, 1.165) is 18.9 Å². The van der Waals surface area contributed by atoms with Crippen molar-refractivity contribution < 1.29 is 4.42 Å². The molecule has 1 aliphatic rings. The van der Waals surface area contributed by atoms with Crippen LogP contribution in [-0.4, -0.2) is 16.7 Å². The van der Waals surface area contributed by atoms with Gasteiger partial charge < -0.3 is 9.73 Å². The highest BCUT2D eigenvalue weighted by Gasteiger charge is 2.20. The smallest absolute Gasteiger partial charge is 0.233 e. The summed E-state index contributed by atoms with van der Waals surface area (Å²) in [5.74, 6) is 1.43. The van der Waals surface area contributed by atoms with E-state index in [1.165, 1.54) is 18.4 Å². The van der Waals surface area contributed by atoms with Crippen molar-refractivity contribution in [1.82, 2.24) is 15.5 Å². The molecule has 94 valence electrons. The highest BCUT2D eigenvalue weighted by atomic mass is 16.4. The second-order valence-corrected chi connectivity index (χ2v) is 4.70. The molecule has 2 heterocycles. The Morgan fingerprint density at radius 3 is 2.83 bits per heavy atom. The maximum Gasteiger partial charge on any atom is 0.233 e. The predicted octanol–water partition coefficient (Wildman–Crippen LogP) is 2.48. The first-order chi connectivity index (χ1) is 8.92. The lowest BCUT2D eigenvalue weighted by atomic mass is 10.1. The van der Waals surface area contributed by atoms with Crippen molar-refractivity contribution in [2.24, 2.45) is 0 Å². The lowest BCUT2D eigenvalue weighted by molar-refractivity contribution is 0.330. The van der Waals surface area contributed by atoms with Crippen molar-refractivity contribution in [2.45, 2.75) is 31.7 Å². The highest BCUT2D eigenvalue weighted by molar-refractivity contribution is 5.17. The van der Waals surface area contributed by atoms with Gasteiger partial charge in [0.2, 0.25) is 11.8 Å². The van der Waals surface area contributed by atoms with Gasteiger partial charge in [0.25, 0.3) is 0 Å². The second kappa shape index (κ2) is 5.31. The Morgan fingerprint density at radius 2 is 2.06 bits per heavy atom. The van der Waals surface area contributed by atoms with E-state index in [9.17, 15) is 0 Å². The van der Waals surface area contributed by atoms with Crippen molar-refractivity contribution in [2.75, 3.05) is 6.54 Å². The third-order valence-electron chi connectivity index (χ3n) is 3.29. The quantitative estimate of drug-likeness (QED) is 0.899. The van der Waals surface area contributed by atoms with Gasteiger partial charge in [-0.25, -0.2) is 0 Å². The molecule has 0 radical (unpaired) electrons. The van der Waals surface area contributed by atoms with Gasteiger partial charge in [-0.15, -0.1) is 10.2 Å². The molecule has 18 heavy (non-hydrogen) atoms. The van der Waals surface area contributed by atoms with Crippen LogP contribution in [0.1, 0.15) is 42.6 Å². The van der Waals surface area contributed by atoms with Crippen molar-refractivity contribution in [1.29, 1.82) is 0 Å². The molecule has 1 N–H and O–H groups in total. The van der Waals surface area contributed by atoms with E-state index in [0.29, 0.717) is 12.3 Å². The van der Waals surface area contributed by atoms with Crippen molar-refractivity contribution >= 4 is 0 Å². The van der Waals surface area contributed by atoms with Crippen LogP contribution in [0, 0.1) is 0 Å². The molecular formula is C14H17N3O. The van der Waals surface area contributed by atoms with Crippen LogP contribution in [-0.2, 0) is 6.42 Å². The first-order valence-electron chi connectivity index (χ1n) is 6.51. The van der Waals surface area contributed by atoms with E-state index in [1.54, 1.807) is 0 Å². The third kappa shape index (κ3) is 2.59. The van der Waals surface area contributed by atoms with Crippen LogP contribution >= 0.6 is 0 Å². The van der Waals surface area contributed by atoms with Gasteiger partial charge in [0.1, 0.15) is 0 Å². The minimum atomic E-state index is 0.246. The first-order valence-corrected chi connectivity index (χ1v) is 6.51. The molecule has 2 aromatic rings. The van der Waals surface area contributed by atoms with E-state index in [-0.39, 0.29) is 6.04 Å². The number of aromatic nitrogens is 2. The Kier molecular flexibility index (Phi) is 3.37. The van der Waals surface area contributed by atoms with E-state index < -0.39 is 0 Å². The summed E-state index contributed by atoms with van der Waals surface area (Å²) in [4.78, 5) is 0. The molecule has 0 saturated carbocycles. The molecule has 1 atom stereocenters. The summed E-state index contributed by atoms with van der Waals surface area (Å²) in [5.41, 5.74) is 1.20. The van der Waals surface area contributed by atoms with Crippen molar-refractivity contribution in [3.63, 3.8) is 0 Å². The number of hydrogen-bond acceptors (Lipinski definition) is 4. The maximum atomic E-state index is 5.74. The number of piperidine rings is 1. The zero-order valence-corrected chi connectivity index (χ0v) is 10.3. The van der Waals surface area contributed by atoms with Crippen LogP contribution in [0.5, 0.6) is 0 Å². The fourth-order valence-corrected chi connectivity index (χ4v) is 2.31. The van der Waals surface area contributed by atoms with Crippen molar-refractivity contribution in [3.8, 4) is 0 Å². The standard InChI is InChI=1S/C14H17N3O/c1-2-6-11(7-3-1)10-13-16-17-14(18-13)12-8-4-5-9-15-12/h1-3,6-7,12,15H,4-5,8-10H2. The summed E-state index contributed by atoms with van der Waals surface area (Å²) >= 11 is 0. The van der Waals surface area contributed by atoms with Gasteiger partial charge in [-0.05, 0) is 24.9 Å². The number of hydrogen-bond donors (Lipinski definition) is 1. The SMILES string of the molecule is c1ccc(Cc2nnc(C3CCCCN3)o2)cc1. The molecule has 0 aliphatic carbocycles. The van der Waals surface area contributed by atoms with Crippen LogP contribution in [0.2, 0.25) is 0 Å². The molecule has 1 unspecified atom stereocenters. The monoisotopic (exact) mass is 243 g/mol. The lowest BCUT2D eigenvalue weighted by Crippen LogP contribution is -2.26. The largest absolute Gasteiger partial charge is 0.423 e. The fraction of sp³-hybridized carbons (Fsp3) is 0.429. The molecular weight excluding hydrogens is 226 g/mol. The van der Waals surface area contributed by atoms with Crippen molar-refractivity contribution in [3.05, 3.63) is 47.7 Å². The van der Waals surface area contributed by atoms with Crippen LogP contribution in [0.3, 0.4) is 0 Å². The molecule has 4 heteroatoms. The van der Waals surface area contributed by atoms with Crippen LogP contribution < -0.4 is 5.32 Å². The normalized spacial score (nSPS) is 19.9. The Bertz CT molecular complexity index is 489. The summed E-state index contributed by atoms with van der Waals surface area (Å²) in [6, 6.07) is 10.4. The molecule has 1 aromatic heterocycles. The molecule has 1 aliphatic heterocycles. The molecule has 1 fully saturated rings.